The van der Waals surface area contributed by atoms with Crippen molar-refractivity contribution in [3.05, 3.63) is 10.4 Å². The number of hydrogen-bond donors (Lipinski definition) is 1. The molecule has 2 aromatic heterocycles. The SMILES string of the molecule is Nc1nn2n[n+]([O-])nc2n[n+]1[O-]. The first-order valence-corrected chi connectivity index (χ1v) is 2.77. The van der Waals surface area contributed by atoms with Crippen LogP contribution in [0, 0.1) is 10.4 Å². The molecule has 0 amide bonds. The molecule has 12 heavy (non-hydrogen) atoms. The third kappa shape index (κ3) is 0.744. The Hall–Kier alpha value is -2.26. The highest BCUT2D eigenvalue weighted by Gasteiger charge is 2.17. The number of fused-ring (bicyclic) bond motifs is 1. The van der Waals surface area contributed by atoms with Crippen LogP contribution in [-0.2, 0) is 0 Å². The molecule has 0 aliphatic carbocycles. The van der Waals surface area contributed by atoms with Gasteiger partial charge in [0.25, 0.3) is 0 Å². The van der Waals surface area contributed by atoms with E-state index in [-0.39, 0.29) is 15.6 Å². The van der Waals surface area contributed by atoms with E-state index < -0.39 is 5.95 Å². The second-order valence-electron chi connectivity index (χ2n) is 1.86. The van der Waals surface area contributed by atoms with Gasteiger partial charge in [0.2, 0.25) is 0 Å². The van der Waals surface area contributed by atoms with E-state index in [0.29, 0.717) is 0 Å². The molecule has 2 rings (SSSR count). The summed E-state index contributed by atoms with van der Waals surface area (Å²) in [5.41, 5.74) is 5.07. The molecule has 0 fully saturated rings. The van der Waals surface area contributed by atoms with E-state index >= 15 is 0 Å². The van der Waals surface area contributed by atoms with Gasteiger partial charge in [-0.15, -0.1) is 4.85 Å². The topological polar surface area (TPSA) is 136 Å². The molecule has 0 bridgehead atoms. The van der Waals surface area contributed by atoms with Crippen molar-refractivity contribution >= 4 is 11.7 Å². The van der Waals surface area contributed by atoms with Crippen molar-refractivity contribution in [2.45, 2.75) is 0 Å². The predicted octanol–water partition coefficient (Wildman–Crippen LogP) is -3.63. The molecule has 0 aromatic carbocycles. The van der Waals surface area contributed by atoms with Gasteiger partial charge in [-0.25, -0.2) is 0 Å². The van der Waals surface area contributed by atoms with Crippen LogP contribution in [0.4, 0.5) is 5.95 Å². The van der Waals surface area contributed by atoms with Gasteiger partial charge in [-0.05, 0) is 10.1 Å². The molecule has 0 aliphatic rings. The zero-order chi connectivity index (χ0) is 8.72. The summed E-state index contributed by atoms with van der Waals surface area (Å²) < 4.78 is 0.761. The first-order valence-electron chi connectivity index (χ1n) is 2.77. The van der Waals surface area contributed by atoms with Gasteiger partial charge in [0.05, 0.1) is 0 Å². The standard InChI is InChI=1S/C2H2N8O2/c3-1-4-8-2(5-9(1)11)6-10(12)7-8/h(H2,3,4). The highest BCUT2D eigenvalue weighted by atomic mass is 16.5. The Morgan fingerprint density at radius 2 is 2.08 bits per heavy atom. The molecule has 2 N–H and O–H groups in total. The minimum atomic E-state index is -0.409. The molecule has 62 valence electrons. The number of rotatable bonds is 0. The number of nitrogens with two attached hydrogens (primary N) is 1. The van der Waals surface area contributed by atoms with Crippen molar-refractivity contribution < 1.29 is 9.80 Å². The molecule has 0 atom stereocenters. The van der Waals surface area contributed by atoms with Crippen LogP contribution in [0.15, 0.2) is 0 Å². The second-order valence-corrected chi connectivity index (χ2v) is 1.86. The minimum absolute atomic E-state index is 0.0191. The summed E-state index contributed by atoms with van der Waals surface area (Å²) in [5.74, 6) is -0.623. The Morgan fingerprint density at radius 1 is 1.33 bits per heavy atom. The molecule has 0 unspecified atom stereocenters. The molecule has 0 saturated heterocycles. The van der Waals surface area contributed by atoms with Crippen LogP contribution >= 0.6 is 0 Å². The molecular formula is C2H2N8O2. The minimum Gasteiger partial charge on any atom is -0.721 e. The predicted molar refractivity (Wildman–Crippen MR) is 30.9 cm³/mol. The maximum absolute atomic E-state index is 10.7. The Morgan fingerprint density at radius 3 is 2.83 bits per heavy atom. The van der Waals surface area contributed by atoms with Crippen molar-refractivity contribution in [3.8, 4) is 0 Å². The highest BCUT2D eigenvalue weighted by Crippen LogP contribution is 1.83. The average molecular weight is 170 g/mol. The smallest absolute Gasteiger partial charge is 0.454 e. The summed E-state index contributed by atoms with van der Waals surface area (Å²) in [5, 5.41) is 34.1. The molecule has 10 heteroatoms. The maximum Gasteiger partial charge on any atom is 0.454 e. The third-order valence-corrected chi connectivity index (χ3v) is 1.09. The molecule has 0 spiro atoms. The summed E-state index contributed by atoms with van der Waals surface area (Å²) in [4.78, 5) is 0.0266. The Bertz CT molecular complexity index is 395. The van der Waals surface area contributed by atoms with Gasteiger partial charge in [-0.3, -0.25) is 5.73 Å². The Labute approximate surface area is 64.0 Å². The van der Waals surface area contributed by atoms with Crippen molar-refractivity contribution in [2.75, 3.05) is 5.73 Å². The van der Waals surface area contributed by atoms with Gasteiger partial charge < -0.3 is 10.4 Å². The first-order chi connectivity index (χ1) is 5.66. The van der Waals surface area contributed by atoms with Gasteiger partial charge in [0.15, 0.2) is 5.21 Å². The van der Waals surface area contributed by atoms with Gasteiger partial charge >= 0.3 is 11.7 Å². The van der Waals surface area contributed by atoms with Gasteiger partial charge in [-0.2, -0.15) is 0 Å². The van der Waals surface area contributed by atoms with Crippen LogP contribution in [0.25, 0.3) is 5.78 Å². The molecule has 0 aliphatic heterocycles. The van der Waals surface area contributed by atoms with E-state index in [0.717, 1.165) is 4.63 Å². The summed E-state index contributed by atoms with van der Waals surface area (Å²) in [6.07, 6.45) is 0. The van der Waals surface area contributed by atoms with Crippen molar-refractivity contribution in [2.24, 2.45) is 0 Å². The van der Waals surface area contributed by atoms with Crippen molar-refractivity contribution in [3.63, 3.8) is 0 Å². The molecule has 2 aromatic rings. The highest BCUT2D eigenvalue weighted by molar-refractivity contribution is 5.16. The number of aromatic nitrogens is 7. The lowest BCUT2D eigenvalue weighted by Gasteiger charge is -1.94. The lowest BCUT2D eigenvalue weighted by atomic mass is 11.1. The largest absolute Gasteiger partial charge is 0.721 e. The number of anilines is 1. The third-order valence-electron chi connectivity index (χ3n) is 1.09. The van der Waals surface area contributed by atoms with Crippen LogP contribution in [-0.4, -0.2) is 25.1 Å². The second kappa shape index (κ2) is 1.87. The molecule has 10 nitrogen and oxygen atoms in total. The summed E-state index contributed by atoms with van der Waals surface area (Å²) in [6, 6.07) is 0. The fourth-order valence-electron chi connectivity index (χ4n) is 0.641. The summed E-state index contributed by atoms with van der Waals surface area (Å²) in [6.45, 7) is 0. The van der Waals surface area contributed by atoms with Crippen LogP contribution in [0.2, 0.25) is 0 Å². The summed E-state index contributed by atoms with van der Waals surface area (Å²) >= 11 is 0. The molecule has 2 heterocycles. The van der Waals surface area contributed by atoms with E-state index in [1.807, 2.05) is 0 Å². The van der Waals surface area contributed by atoms with E-state index in [4.69, 9.17) is 5.73 Å². The van der Waals surface area contributed by atoms with Gasteiger partial charge in [0, 0.05) is 5.10 Å². The summed E-state index contributed by atoms with van der Waals surface area (Å²) in [7, 11) is 0. The van der Waals surface area contributed by atoms with Gasteiger partial charge in [-0.1, -0.05) is 0 Å². The Balaban J connectivity index is 2.83. The Kier molecular flexibility index (Phi) is 1.00. The zero-order valence-electron chi connectivity index (χ0n) is 5.52. The van der Waals surface area contributed by atoms with Crippen LogP contribution < -0.4 is 15.5 Å². The number of tetrazole rings is 1. The van der Waals surface area contributed by atoms with Crippen molar-refractivity contribution in [1.29, 1.82) is 0 Å². The lowest BCUT2D eigenvalue weighted by molar-refractivity contribution is -0.726. The molecular weight excluding hydrogens is 168 g/mol. The average Bonchev–Trinajstić information content (AvgIpc) is 2.30. The fraction of sp³-hybridized carbons (Fsp3) is 0. The first kappa shape index (κ1) is 6.45. The van der Waals surface area contributed by atoms with E-state index in [1.165, 1.54) is 0 Å². The van der Waals surface area contributed by atoms with Crippen LogP contribution in [0.5, 0.6) is 0 Å². The molecule has 0 saturated carbocycles. The number of nitrogen functional groups attached to an aromatic ring is 1. The number of hydrogen-bond acceptors (Lipinski definition) is 7. The quantitative estimate of drug-likeness (QED) is 0.318. The van der Waals surface area contributed by atoms with Crippen LogP contribution in [0.3, 0.4) is 0 Å². The number of nitrogens with zero attached hydrogens (tertiary/aromatic N) is 7. The normalized spacial score (nSPS) is 10.7. The van der Waals surface area contributed by atoms with E-state index in [9.17, 15) is 10.4 Å². The monoisotopic (exact) mass is 170 g/mol. The van der Waals surface area contributed by atoms with Crippen molar-refractivity contribution in [1.82, 2.24) is 25.1 Å². The fourth-order valence-corrected chi connectivity index (χ4v) is 0.641. The lowest BCUT2D eigenvalue weighted by Crippen LogP contribution is -2.37. The zero-order valence-corrected chi connectivity index (χ0v) is 5.52. The van der Waals surface area contributed by atoms with Crippen LogP contribution in [0.1, 0.15) is 0 Å². The maximum atomic E-state index is 10.7. The van der Waals surface area contributed by atoms with Gasteiger partial charge in [0.1, 0.15) is 9.73 Å². The van der Waals surface area contributed by atoms with E-state index in [2.05, 4.69) is 20.5 Å². The molecule has 0 radical (unpaired) electrons. The van der Waals surface area contributed by atoms with E-state index in [1.54, 1.807) is 0 Å².